The molecule has 0 unspecified atom stereocenters. The Morgan fingerprint density at radius 3 is 2.26 bits per heavy atom. The van der Waals surface area contributed by atoms with Crippen LogP contribution in [0.5, 0.6) is 0 Å². The largest absolute Gasteiger partial charge is 0.0877 e. The highest BCUT2D eigenvalue weighted by Crippen LogP contribution is 2.36. The van der Waals surface area contributed by atoms with Gasteiger partial charge in [0.05, 0.1) is 0 Å². The van der Waals surface area contributed by atoms with Crippen LogP contribution in [0.2, 0.25) is 0 Å². The van der Waals surface area contributed by atoms with Crippen LogP contribution in [0.25, 0.3) is 0 Å². The molecule has 0 amide bonds. The van der Waals surface area contributed by atoms with Gasteiger partial charge in [-0.1, -0.05) is 55.5 Å². The summed E-state index contributed by atoms with van der Waals surface area (Å²) in [6.45, 7) is 4.29. The highest BCUT2D eigenvalue weighted by atomic mass is 14.2. The van der Waals surface area contributed by atoms with Gasteiger partial charge in [-0.05, 0) is 62.0 Å². The van der Waals surface area contributed by atoms with Crippen molar-refractivity contribution >= 4 is 0 Å². The first-order chi connectivity index (χ1) is 9.33. The summed E-state index contributed by atoms with van der Waals surface area (Å²) in [5.41, 5.74) is 3.00. The SMILES string of the molecule is CC=CC=CC1CCC(c2ccc(CC)cc2)CC1. The molecule has 19 heavy (non-hydrogen) atoms. The second kappa shape index (κ2) is 7.33. The second-order valence-corrected chi connectivity index (χ2v) is 5.62. The normalized spacial score (nSPS) is 24.3. The summed E-state index contributed by atoms with van der Waals surface area (Å²) >= 11 is 0. The summed E-state index contributed by atoms with van der Waals surface area (Å²) < 4.78 is 0. The van der Waals surface area contributed by atoms with E-state index in [0.717, 1.165) is 18.3 Å². The monoisotopic (exact) mass is 254 g/mol. The van der Waals surface area contributed by atoms with E-state index in [0.29, 0.717) is 0 Å². The minimum atomic E-state index is 0.789. The van der Waals surface area contributed by atoms with Crippen molar-refractivity contribution in [2.45, 2.75) is 51.9 Å². The van der Waals surface area contributed by atoms with Crippen LogP contribution in [-0.4, -0.2) is 0 Å². The molecule has 1 saturated carbocycles. The Morgan fingerprint density at radius 2 is 1.68 bits per heavy atom. The van der Waals surface area contributed by atoms with E-state index in [4.69, 9.17) is 0 Å². The molecule has 0 bridgehead atoms. The van der Waals surface area contributed by atoms with Crippen molar-refractivity contribution in [1.29, 1.82) is 0 Å². The first kappa shape index (κ1) is 14.1. The summed E-state index contributed by atoms with van der Waals surface area (Å²) in [7, 11) is 0. The molecule has 0 aliphatic heterocycles. The molecule has 0 atom stereocenters. The van der Waals surface area contributed by atoms with Crippen molar-refractivity contribution in [3.05, 3.63) is 59.7 Å². The molecule has 0 saturated heterocycles. The third-order valence-electron chi connectivity index (χ3n) is 4.32. The van der Waals surface area contributed by atoms with E-state index in [2.05, 4.69) is 62.4 Å². The number of hydrogen-bond donors (Lipinski definition) is 0. The average molecular weight is 254 g/mol. The van der Waals surface area contributed by atoms with Crippen molar-refractivity contribution in [1.82, 2.24) is 0 Å². The average Bonchev–Trinajstić information content (AvgIpc) is 2.48. The third-order valence-corrected chi connectivity index (χ3v) is 4.32. The lowest BCUT2D eigenvalue weighted by molar-refractivity contribution is 0.376. The summed E-state index contributed by atoms with van der Waals surface area (Å²) in [5, 5.41) is 0. The Kier molecular flexibility index (Phi) is 5.44. The van der Waals surface area contributed by atoms with E-state index >= 15 is 0 Å². The van der Waals surface area contributed by atoms with Crippen LogP contribution < -0.4 is 0 Å². The van der Waals surface area contributed by atoms with Gasteiger partial charge in [0.15, 0.2) is 0 Å². The first-order valence-electron chi connectivity index (χ1n) is 7.71. The quantitative estimate of drug-likeness (QED) is 0.609. The zero-order valence-electron chi connectivity index (χ0n) is 12.3. The third kappa shape index (κ3) is 4.09. The molecule has 0 heterocycles. The molecule has 1 aliphatic carbocycles. The van der Waals surface area contributed by atoms with Gasteiger partial charge in [-0.3, -0.25) is 0 Å². The fraction of sp³-hybridized carbons (Fsp3) is 0.474. The number of rotatable bonds is 4. The zero-order valence-corrected chi connectivity index (χ0v) is 12.3. The van der Waals surface area contributed by atoms with Gasteiger partial charge < -0.3 is 0 Å². The lowest BCUT2D eigenvalue weighted by Gasteiger charge is -2.27. The van der Waals surface area contributed by atoms with Crippen LogP contribution >= 0.6 is 0 Å². The van der Waals surface area contributed by atoms with Gasteiger partial charge in [-0.25, -0.2) is 0 Å². The molecule has 0 spiro atoms. The van der Waals surface area contributed by atoms with Crippen LogP contribution in [0.15, 0.2) is 48.6 Å². The van der Waals surface area contributed by atoms with E-state index in [1.54, 1.807) is 5.56 Å². The summed E-state index contributed by atoms with van der Waals surface area (Å²) in [6.07, 6.45) is 15.3. The molecular formula is C19H26. The molecule has 0 nitrogen and oxygen atoms in total. The van der Waals surface area contributed by atoms with Crippen LogP contribution in [-0.2, 0) is 6.42 Å². The summed E-state index contributed by atoms with van der Waals surface area (Å²) in [6, 6.07) is 9.29. The number of hydrogen-bond acceptors (Lipinski definition) is 0. The number of allylic oxidation sites excluding steroid dienone is 4. The number of aryl methyl sites for hydroxylation is 1. The van der Waals surface area contributed by atoms with Crippen LogP contribution in [0.1, 0.15) is 56.6 Å². The lowest BCUT2D eigenvalue weighted by atomic mass is 9.78. The van der Waals surface area contributed by atoms with Gasteiger partial charge >= 0.3 is 0 Å². The predicted molar refractivity (Wildman–Crippen MR) is 84.5 cm³/mol. The van der Waals surface area contributed by atoms with E-state index in [1.807, 2.05) is 0 Å². The molecule has 2 rings (SSSR count). The van der Waals surface area contributed by atoms with E-state index < -0.39 is 0 Å². The van der Waals surface area contributed by atoms with Crippen molar-refractivity contribution in [3.63, 3.8) is 0 Å². The minimum Gasteiger partial charge on any atom is -0.0877 e. The Bertz CT molecular complexity index is 414. The van der Waals surface area contributed by atoms with Crippen LogP contribution in [0, 0.1) is 5.92 Å². The Balaban J connectivity index is 1.88. The van der Waals surface area contributed by atoms with Gasteiger partial charge in [0.25, 0.3) is 0 Å². The van der Waals surface area contributed by atoms with Crippen molar-refractivity contribution in [2.24, 2.45) is 5.92 Å². The molecule has 102 valence electrons. The molecule has 0 N–H and O–H groups in total. The van der Waals surface area contributed by atoms with E-state index in [9.17, 15) is 0 Å². The van der Waals surface area contributed by atoms with Gasteiger partial charge in [-0.2, -0.15) is 0 Å². The van der Waals surface area contributed by atoms with Gasteiger partial charge in [0, 0.05) is 0 Å². The molecule has 0 radical (unpaired) electrons. The predicted octanol–water partition coefficient (Wildman–Crippen LogP) is 5.66. The van der Waals surface area contributed by atoms with Crippen molar-refractivity contribution in [2.75, 3.05) is 0 Å². The Hall–Kier alpha value is -1.30. The molecule has 1 fully saturated rings. The summed E-state index contributed by atoms with van der Waals surface area (Å²) in [5.74, 6) is 1.58. The maximum atomic E-state index is 2.39. The standard InChI is InChI=1S/C19H26/c1-3-5-6-7-17-10-14-19(15-11-17)18-12-8-16(4-2)9-13-18/h3,5-9,12-13,17,19H,4,10-11,14-15H2,1-2H3. The first-order valence-corrected chi connectivity index (χ1v) is 7.71. The van der Waals surface area contributed by atoms with E-state index in [-0.39, 0.29) is 0 Å². The Morgan fingerprint density at radius 1 is 1.00 bits per heavy atom. The smallest absolute Gasteiger partial charge is 0.0162 e. The Labute approximate surface area is 118 Å². The van der Waals surface area contributed by atoms with Gasteiger partial charge in [-0.15, -0.1) is 0 Å². The van der Waals surface area contributed by atoms with Gasteiger partial charge in [0.1, 0.15) is 0 Å². The van der Waals surface area contributed by atoms with E-state index in [1.165, 1.54) is 31.2 Å². The maximum Gasteiger partial charge on any atom is -0.0162 e. The molecule has 0 aromatic heterocycles. The fourth-order valence-corrected chi connectivity index (χ4v) is 3.00. The molecule has 1 aromatic rings. The molecule has 0 heteroatoms. The fourth-order valence-electron chi connectivity index (χ4n) is 3.00. The van der Waals surface area contributed by atoms with Crippen molar-refractivity contribution in [3.8, 4) is 0 Å². The number of benzene rings is 1. The molecule has 1 aromatic carbocycles. The maximum absolute atomic E-state index is 2.39. The summed E-state index contributed by atoms with van der Waals surface area (Å²) in [4.78, 5) is 0. The van der Waals surface area contributed by atoms with Crippen LogP contribution in [0.3, 0.4) is 0 Å². The topological polar surface area (TPSA) is 0 Å². The van der Waals surface area contributed by atoms with Crippen molar-refractivity contribution < 1.29 is 0 Å². The van der Waals surface area contributed by atoms with Crippen LogP contribution in [0.4, 0.5) is 0 Å². The highest BCUT2D eigenvalue weighted by molar-refractivity contribution is 5.26. The van der Waals surface area contributed by atoms with Gasteiger partial charge in [0.2, 0.25) is 0 Å². The molecular weight excluding hydrogens is 228 g/mol. The highest BCUT2D eigenvalue weighted by Gasteiger charge is 2.20. The minimum absolute atomic E-state index is 0.789. The molecule has 1 aliphatic rings. The lowest BCUT2D eigenvalue weighted by Crippen LogP contribution is -2.11. The second-order valence-electron chi connectivity index (χ2n) is 5.62. The zero-order chi connectivity index (χ0) is 13.5.